The maximum absolute atomic E-state index is 11.9. The first kappa shape index (κ1) is 12.1. The number of carbonyl (C=O) groups is 1. The van der Waals surface area contributed by atoms with Gasteiger partial charge in [0.1, 0.15) is 0 Å². The van der Waals surface area contributed by atoms with Crippen molar-refractivity contribution in [3.8, 4) is 0 Å². The normalized spacial score (nSPS) is 17.3. The average molecular weight is 234 g/mol. The van der Waals surface area contributed by atoms with E-state index >= 15 is 0 Å². The molecule has 0 spiro atoms. The van der Waals surface area contributed by atoms with Crippen molar-refractivity contribution < 1.29 is 9.90 Å². The van der Waals surface area contributed by atoms with Crippen molar-refractivity contribution in [1.82, 2.24) is 5.32 Å². The van der Waals surface area contributed by atoms with E-state index in [1.807, 2.05) is 25.1 Å². The summed E-state index contributed by atoms with van der Waals surface area (Å²) in [6.45, 7) is 3.79. The molecule has 92 valence electrons. The number of aliphatic hydroxyl groups is 1. The van der Waals surface area contributed by atoms with Gasteiger partial charge in [0.2, 0.25) is 5.91 Å². The Morgan fingerprint density at radius 2 is 2.35 bits per heavy atom. The summed E-state index contributed by atoms with van der Waals surface area (Å²) in [5, 5.41) is 15.1. The maximum Gasteiger partial charge on any atom is 0.227 e. The fourth-order valence-electron chi connectivity index (χ4n) is 1.88. The second kappa shape index (κ2) is 5.29. The van der Waals surface area contributed by atoms with E-state index in [1.54, 1.807) is 6.07 Å². The molecule has 0 aliphatic carbocycles. The predicted octanol–water partition coefficient (Wildman–Crippen LogP) is 0.973. The van der Waals surface area contributed by atoms with Crippen molar-refractivity contribution in [2.45, 2.75) is 13.5 Å². The summed E-state index contributed by atoms with van der Waals surface area (Å²) in [4.78, 5) is 11.9. The molecule has 1 heterocycles. The predicted molar refractivity (Wildman–Crippen MR) is 66.5 cm³/mol. The van der Waals surface area contributed by atoms with Crippen LogP contribution in [0, 0.1) is 11.8 Å². The van der Waals surface area contributed by atoms with E-state index in [4.69, 9.17) is 5.11 Å². The molecule has 1 aromatic rings. The Labute approximate surface area is 101 Å². The Bertz CT molecular complexity index is 402. The zero-order chi connectivity index (χ0) is 12.3. The molecule has 3 N–H and O–H groups in total. The third kappa shape index (κ3) is 2.84. The van der Waals surface area contributed by atoms with Crippen LogP contribution in [0.15, 0.2) is 24.3 Å². The minimum absolute atomic E-state index is 0.00813. The fraction of sp³-hybridized carbons (Fsp3) is 0.462. The molecule has 1 aromatic carbocycles. The summed E-state index contributed by atoms with van der Waals surface area (Å²) in [6, 6.07) is 7.29. The van der Waals surface area contributed by atoms with Crippen molar-refractivity contribution in [3.63, 3.8) is 0 Å². The van der Waals surface area contributed by atoms with Gasteiger partial charge in [-0.2, -0.15) is 0 Å². The van der Waals surface area contributed by atoms with Gasteiger partial charge >= 0.3 is 0 Å². The molecule has 2 rings (SSSR count). The van der Waals surface area contributed by atoms with Crippen LogP contribution in [0.1, 0.15) is 12.5 Å². The lowest BCUT2D eigenvalue weighted by Crippen LogP contribution is -2.48. The van der Waals surface area contributed by atoms with Crippen LogP contribution in [0.3, 0.4) is 0 Å². The number of aliphatic hydroxyl groups excluding tert-OH is 1. The van der Waals surface area contributed by atoms with Crippen LogP contribution in [-0.2, 0) is 11.4 Å². The molecule has 1 amide bonds. The number of benzene rings is 1. The quantitative estimate of drug-likeness (QED) is 0.727. The molecule has 4 nitrogen and oxygen atoms in total. The Hall–Kier alpha value is -1.39. The molecule has 17 heavy (non-hydrogen) atoms. The molecular formula is C13H18N2O2. The number of anilines is 1. The van der Waals surface area contributed by atoms with E-state index in [0.717, 1.165) is 24.3 Å². The second-order valence-electron chi connectivity index (χ2n) is 4.55. The molecular weight excluding hydrogens is 216 g/mol. The van der Waals surface area contributed by atoms with Gasteiger partial charge in [0.25, 0.3) is 0 Å². The van der Waals surface area contributed by atoms with Gasteiger partial charge < -0.3 is 15.7 Å². The molecule has 0 aromatic heterocycles. The summed E-state index contributed by atoms with van der Waals surface area (Å²) in [6.07, 6.45) is 0. The minimum atomic E-state index is -0.00813. The van der Waals surface area contributed by atoms with Crippen molar-refractivity contribution in [1.29, 1.82) is 0 Å². The molecule has 1 aliphatic rings. The van der Waals surface area contributed by atoms with Crippen LogP contribution in [0.2, 0.25) is 0 Å². The van der Waals surface area contributed by atoms with E-state index in [-0.39, 0.29) is 18.4 Å². The lowest BCUT2D eigenvalue weighted by Gasteiger charge is -2.31. The lowest BCUT2D eigenvalue weighted by molar-refractivity contribution is -0.121. The average Bonchev–Trinajstić information content (AvgIpc) is 2.27. The summed E-state index contributed by atoms with van der Waals surface area (Å²) < 4.78 is 0. The van der Waals surface area contributed by atoms with E-state index < -0.39 is 0 Å². The summed E-state index contributed by atoms with van der Waals surface area (Å²) >= 11 is 0. The summed E-state index contributed by atoms with van der Waals surface area (Å²) in [7, 11) is 0. The highest BCUT2D eigenvalue weighted by molar-refractivity contribution is 5.92. The van der Waals surface area contributed by atoms with Crippen LogP contribution >= 0.6 is 0 Å². The lowest BCUT2D eigenvalue weighted by atomic mass is 9.88. The van der Waals surface area contributed by atoms with Gasteiger partial charge in [0.05, 0.1) is 6.61 Å². The topological polar surface area (TPSA) is 61.4 Å². The molecule has 1 aliphatic heterocycles. The first-order valence-electron chi connectivity index (χ1n) is 5.92. The monoisotopic (exact) mass is 234 g/mol. The molecule has 0 radical (unpaired) electrons. The highest BCUT2D eigenvalue weighted by Gasteiger charge is 2.28. The molecule has 0 saturated carbocycles. The largest absolute Gasteiger partial charge is 0.392 e. The third-order valence-corrected chi connectivity index (χ3v) is 3.31. The van der Waals surface area contributed by atoms with Gasteiger partial charge in [0, 0.05) is 11.6 Å². The van der Waals surface area contributed by atoms with Crippen LogP contribution in [-0.4, -0.2) is 24.1 Å². The van der Waals surface area contributed by atoms with Gasteiger partial charge in [-0.05, 0) is 36.7 Å². The van der Waals surface area contributed by atoms with Crippen LogP contribution < -0.4 is 10.6 Å². The Balaban J connectivity index is 1.96. The highest BCUT2D eigenvalue weighted by atomic mass is 16.3. The zero-order valence-electron chi connectivity index (χ0n) is 9.94. The summed E-state index contributed by atoms with van der Waals surface area (Å²) in [5.41, 5.74) is 1.56. The van der Waals surface area contributed by atoms with Crippen molar-refractivity contribution in [2.24, 2.45) is 11.8 Å². The number of carbonyl (C=O) groups excluding carboxylic acids is 1. The van der Waals surface area contributed by atoms with Crippen molar-refractivity contribution in [3.05, 3.63) is 29.8 Å². The van der Waals surface area contributed by atoms with Crippen LogP contribution in [0.25, 0.3) is 0 Å². The van der Waals surface area contributed by atoms with E-state index in [0.29, 0.717) is 5.92 Å². The zero-order valence-corrected chi connectivity index (χ0v) is 9.94. The van der Waals surface area contributed by atoms with Crippen LogP contribution in [0.5, 0.6) is 0 Å². The molecule has 1 atom stereocenters. The number of hydrogen-bond donors (Lipinski definition) is 3. The van der Waals surface area contributed by atoms with Gasteiger partial charge in [-0.15, -0.1) is 0 Å². The Kier molecular flexibility index (Phi) is 3.76. The Morgan fingerprint density at radius 3 is 2.94 bits per heavy atom. The van der Waals surface area contributed by atoms with Gasteiger partial charge in [-0.3, -0.25) is 4.79 Å². The molecule has 1 saturated heterocycles. The number of hydrogen-bond acceptors (Lipinski definition) is 3. The fourth-order valence-corrected chi connectivity index (χ4v) is 1.88. The van der Waals surface area contributed by atoms with Crippen molar-refractivity contribution in [2.75, 3.05) is 18.4 Å². The smallest absolute Gasteiger partial charge is 0.227 e. The second-order valence-corrected chi connectivity index (χ2v) is 4.55. The number of rotatable bonds is 4. The van der Waals surface area contributed by atoms with Crippen molar-refractivity contribution >= 4 is 11.6 Å². The maximum atomic E-state index is 11.9. The minimum Gasteiger partial charge on any atom is -0.392 e. The van der Waals surface area contributed by atoms with Gasteiger partial charge in [0.15, 0.2) is 0 Å². The van der Waals surface area contributed by atoms with E-state index in [1.165, 1.54) is 0 Å². The first-order valence-corrected chi connectivity index (χ1v) is 5.92. The number of nitrogens with one attached hydrogen (secondary N) is 2. The SMILES string of the molecule is CC(C(=O)Nc1cccc(CO)c1)C1CNC1. The molecule has 1 unspecified atom stereocenters. The molecule has 1 fully saturated rings. The third-order valence-electron chi connectivity index (χ3n) is 3.31. The van der Waals surface area contributed by atoms with E-state index in [2.05, 4.69) is 10.6 Å². The molecule has 0 bridgehead atoms. The first-order chi connectivity index (χ1) is 8.20. The number of amides is 1. The van der Waals surface area contributed by atoms with Gasteiger partial charge in [-0.25, -0.2) is 0 Å². The highest BCUT2D eigenvalue weighted by Crippen LogP contribution is 2.18. The molecule has 4 heteroatoms. The van der Waals surface area contributed by atoms with Crippen LogP contribution in [0.4, 0.5) is 5.69 Å². The standard InChI is InChI=1S/C13H18N2O2/c1-9(11-6-14-7-11)13(17)15-12-4-2-3-10(5-12)8-16/h2-5,9,11,14,16H,6-8H2,1H3,(H,15,17). The Morgan fingerprint density at radius 1 is 1.59 bits per heavy atom. The van der Waals surface area contributed by atoms with Gasteiger partial charge in [-0.1, -0.05) is 19.1 Å². The van der Waals surface area contributed by atoms with E-state index in [9.17, 15) is 4.79 Å². The summed E-state index contributed by atoms with van der Waals surface area (Å²) in [5.74, 6) is 0.511.